The van der Waals surface area contributed by atoms with Crippen LogP contribution >= 0.6 is 0 Å². The van der Waals surface area contributed by atoms with Gasteiger partial charge in [0.25, 0.3) is 0 Å². The van der Waals surface area contributed by atoms with Gasteiger partial charge < -0.3 is 14.8 Å². The van der Waals surface area contributed by atoms with Crippen molar-refractivity contribution in [3.05, 3.63) is 42.0 Å². The Kier molecular flexibility index (Phi) is 4.69. The highest BCUT2D eigenvalue weighted by Crippen LogP contribution is 2.25. The predicted molar refractivity (Wildman–Crippen MR) is 96.3 cm³/mol. The molecular weight excluding hydrogens is 330 g/mol. The first kappa shape index (κ1) is 16.8. The molecule has 1 N–H and O–H groups in total. The molecule has 0 bridgehead atoms. The number of benzene rings is 1. The molecule has 2 aromatic rings. The van der Waals surface area contributed by atoms with Gasteiger partial charge in [0, 0.05) is 31.6 Å². The van der Waals surface area contributed by atoms with E-state index in [-0.39, 0.29) is 24.2 Å². The molecule has 1 fully saturated rings. The maximum absolute atomic E-state index is 12.6. The third-order valence-electron chi connectivity index (χ3n) is 5.17. The average molecular weight is 353 g/mol. The van der Waals surface area contributed by atoms with Crippen LogP contribution in [0.3, 0.4) is 0 Å². The number of para-hydroxylation sites is 1. The summed E-state index contributed by atoms with van der Waals surface area (Å²) in [6, 6.07) is 9.49. The Balaban J connectivity index is 1.37. The highest BCUT2D eigenvalue weighted by Gasteiger charge is 2.35. The molecule has 4 rings (SSSR count). The third kappa shape index (κ3) is 3.34. The fourth-order valence-electron chi connectivity index (χ4n) is 3.73. The molecule has 1 aromatic carbocycles. The van der Waals surface area contributed by atoms with Gasteiger partial charge >= 0.3 is 0 Å². The number of anilines is 1. The maximum Gasteiger partial charge on any atom is 0.227 e. The Labute approximate surface area is 152 Å². The van der Waals surface area contributed by atoms with Crippen molar-refractivity contribution < 1.29 is 9.59 Å². The number of carbonyl (C=O) groups excluding carboxylic acids is 2. The summed E-state index contributed by atoms with van der Waals surface area (Å²) >= 11 is 0. The van der Waals surface area contributed by atoms with Crippen molar-refractivity contribution in [1.82, 2.24) is 20.1 Å². The standard InChI is InChI=1S/C19H23N5O2/c25-18-11-14(13-24(18)15-7-3-1-4-8-15)19(26)20-12-17-22-21-16-9-5-2-6-10-23(16)17/h1,3-4,7-8,14H,2,5-6,9-13H2,(H,20,26)/t14-/m0/s1. The summed E-state index contributed by atoms with van der Waals surface area (Å²) in [4.78, 5) is 26.5. The fourth-order valence-corrected chi connectivity index (χ4v) is 3.73. The van der Waals surface area contributed by atoms with E-state index in [4.69, 9.17) is 0 Å². The lowest BCUT2D eigenvalue weighted by atomic mass is 10.1. The second kappa shape index (κ2) is 7.27. The lowest BCUT2D eigenvalue weighted by Crippen LogP contribution is -2.33. The lowest BCUT2D eigenvalue weighted by Gasteiger charge is -2.16. The normalized spacial score (nSPS) is 19.9. The molecule has 26 heavy (non-hydrogen) atoms. The van der Waals surface area contributed by atoms with E-state index in [0.29, 0.717) is 13.1 Å². The van der Waals surface area contributed by atoms with Crippen LogP contribution in [-0.2, 0) is 29.1 Å². The van der Waals surface area contributed by atoms with Gasteiger partial charge in [-0.25, -0.2) is 0 Å². The van der Waals surface area contributed by atoms with Gasteiger partial charge in [-0.15, -0.1) is 10.2 Å². The summed E-state index contributed by atoms with van der Waals surface area (Å²) in [6.07, 6.45) is 4.66. The zero-order valence-electron chi connectivity index (χ0n) is 14.7. The second-order valence-electron chi connectivity index (χ2n) is 6.95. The zero-order chi connectivity index (χ0) is 17.9. The minimum atomic E-state index is -0.325. The lowest BCUT2D eigenvalue weighted by molar-refractivity contribution is -0.126. The quantitative estimate of drug-likeness (QED) is 0.907. The number of nitrogens with zero attached hydrogens (tertiary/aromatic N) is 4. The van der Waals surface area contributed by atoms with E-state index in [9.17, 15) is 9.59 Å². The van der Waals surface area contributed by atoms with Gasteiger partial charge in [-0.2, -0.15) is 0 Å². The van der Waals surface area contributed by atoms with Gasteiger partial charge in [0.05, 0.1) is 12.5 Å². The minimum Gasteiger partial charge on any atom is -0.348 e. The van der Waals surface area contributed by atoms with Gasteiger partial charge in [0.15, 0.2) is 5.82 Å². The van der Waals surface area contributed by atoms with Crippen molar-refractivity contribution in [3.8, 4) is 0 Å². The fraction of sp³-hybridized carbons (Fsp3) is 0.474. The van der Waals surface area contributed by atoms with Gasteiger partial charge in [-0.3, -0.25) is 9.59 Å². The molecule has 0 saturated carbocycles. The number of hydrogen-bond acceptors (Lipinski definition) is 4. The Bertz CT molecular complexity index is 802. The molecule has 1 saturated heterocycles. The van der Waals surface area contributed by atoms with Gasteiger partial charge in [0.2, 0.25) is 11.8 Å². The number of nitrogens with one attached hydrogen (secondary N) is 1. The number of amides is 2. The van der Waals surface area contributed by atoms with E-state index >= 15 is 0 Å². The molecule has 0 spiro atoms. The van der Waals surface area contributed by atoms with E-state index in [2.05, 4.69) is 20.1 Å². The van der Waals surface area contributed by atoms with E-state index in [1.165, 1.54) is 6.42 Å². The summed E-state index contributed by atoms with van der Waals surface area (Å²) in [5.41, 5.74) is 0.843. The van der Waals surface area contributed by atoms with Crippen molar-refractivity contribution in [3.63, 3.8) is 0 Å². The van der Waals surface area contributed by atoms with Gasteiger partial charge in [0.1, 0.15) is 5.82 Å². The van der Waals surface area contributed by atoms with E-state index < -0.39 is 0 Å². The minimum absolute atomic E-state index is 0.00676. The number of rotatable bonds is 4. The van der Waals surface area contributed by atoms with Crippen LogP contribution in [0.1, 0.15) is 37.3 Å². The average Bonchev–Trinajstić information content (AvgIpc) is 3.16. The summed E-state index contributed by atoms with van der Waals surface area (Å²) in [7, 11) is 0. The molecule has 2 amide bonds. The van der Waals surface area contributed by atoms with Crippen molar-refractivity contribution in [1.29, 1.82) is 0 Å². The van der Waals surface area contributed by atoms with Crippen LogP contribution in [0, 0.1) is 5.92 Å². The Morgan fingerprint density at radius 3 is 2.85 bits per heavy atom. The highest BCUT2D eigenvalue weighted by atomic mass is 16.2. The molecule has 1 aromatic heterocycles. The number of aryl methyl sites for hydroxylation is 1. The predicted octanol–water partition coefficient (Wildman–Crippen LogP) is 1.67. The van der Waals surface area contributed by atoms with E-state index in [1.54, 1.807) is 4.90 Å². The summed E-state index contributed by atoms with van der Waals surface area (Å²) in [5.74, 6) is 1.39. The molecule has 2 aliphatic rings. The van der Waals surface area contributed by atoms with E-state index in [1.807, 2.05) is 30.3 Å². The molecule has 1 atom stereocenters. The van der Waals surface area contributed by atoms with Crippen molar-refractivity contribution in [2.24, 2.45) is 5.92 Å². The Morgan fingerprint density at radius 1 is 1.15 bits per heavy atom. The first-order valence-corrected chi connectivity index (χ1v) is 9.26. The van der Waals surface area contributed by atoms with Crippen LogP contribution in [0.2, 0.25) is 0 Å². The first-order valence-electron chi connectivity index (χ1n) is 9.26. The monoisotopic (exact) mass is 353 g/mol. The molecule has 136 valence electrons. The van der Waals surface area contributed by atoms with Crippen LogP contribution in [0.4, 0.5) is 5.69 Å². The smallest absolute Gasteiger partial charge is 0.227 e. The van der Waals surface area contributed by atoms with E-state index in [0.717, 1.165) is 43.1 Å². The van der Waals surface area contributed by atoms with Crippen LogP contribution in [0.15, 0.2) is 30.3 Å². The second-order valence-corrected chi connectivity index (χ2v) is 6.95. The van der Waals surface area contributed by atoms with Crippen LogP contribution in [0.5, 0.6) is 0 Å². The molecule has 0 radical (unpaired) electrons. The largest absolute Gasteiger partial charge is 0.348 e. The zero-order valence-corrected chi connectivity index (χ0v) is 14.7. The van der Waals surface area contributed by atoms with Crippen molar-refractivity contribution in [2.45, 2.75) is 45.2 Å². The molecule has 7 heteroatoms. The highest BCUT2D eigenvalue weighted by molar-refractivity contribution is 6.00. The van der Waals surface area contributed by atoms with Gasteiger partial charge in [-0.05, 0) is 25.0 Å². The van der Waals surface area contributed by atoms with Crippen LogP contribution < -0.4 is 10.2 Å². The summed E-state index contributed by atoms with van der Waals surface area (Å²) in [6.45, 7) is 1.70. The Morgan fingerprint density at radius 2 is 2.00 bits per heavy atom. The number of fused-ring (bicyclic) bond motifs is 1. The molecule has 0 aliphatic carbocycles. The molecular formula is C19H23N5O2. The third-order valence-corrected chi connectivity index (χ3v) is 5.17. The summed E-state index contributed by atoms with van der Waals surface area (Å²) < 4.78 is 2.13. The first-order chi connectivity index (χ1) is 12.7. The summed E-state index contributed by atoms with van der Waals surface area (Å²) in [5, 5.41) is 11.4. The number of aromatic nitrogens is 3. The number of hydrogen-bond donors (Lipinski definition) is 1. The molecule has 3 heterocycles. The number of carbonyl (C=O) groups is 2. The van der Waals surface area contributed by atoms with Crippen molar-refractivity contribution >= 4 is 17.5 Å². The van der Waals surface area contributed by atoms with Gasteiger partial charge in [-0.1, -0.05) is 24.6 Å². The SMILES string of the molecule is O=C(NCc1nnc2n1CCCCC2)[C@H]1CC(=O)N(c2ccccc2)C1. The van der Waals surface area contributed by atoms with Crippen LogP contribution in [0.25, 0.3) is 0 Å². The topological polar surface area (TPSA) is 80.1 Å². The van der Waals surface area contributed by atoms with Crippen molar-refractivity contribution in [2.75, 3.05) is 11.4 Å². The van der Waals surface area contributed by atoms with Crippen LogP contribution in [-0.4, -0.2) is 33.1 Å². The molecule has 7 nitrogen and oxygen atoms in total. The Hall–Kier alpha value is -2.70. The maximum atomic E-state index is 12.6. The molecule has 2 aliphatic heterocycles. The molecule has 0 unspecified atom stereocenters.